The molecule has 0 aliphatic carbocycles. The molecule has 2 heterocycles. The number of aromatic nitrogens is 2. The summed E-state index contributed by atoms with van der Waals surface area (Å²) in [5.41, 5.74) is 3.40. The first kappa shape index (κ1) is 14.4. The van der Waals surface area contributed by atoms with Crippen LogP contribution in [-0.4, -0.2) is 29.6 Å². The lowest BCUT2D eigenvalue weighted by molar-refractivity contribution is 0.393. The lowest BCUT2D eigenvalue weighted by Crippen LogP contribution is -2.33. The summed E-state index contributed by atoms with van der Waals surface area (Å²) >= 11 is 0. The Labute approximate surface area is 126 Å². The molecule has 1 atom stereocenters. The number of anilines is 1. The Kier molecular flexibility index (Phi) is 3.89. The number of hydrogen-bond donors (Lipinski definition) is 3. The van der Waals surface area contributed by atoms with Gasteiger partial charge in [0.2, 0.25) is 0 Å². The van der Waals surface area contributed by atoms with Gasteiger partial charge in [-0.15, -0.1) is 0 Å². The van der Waals surface area contributed by atoms with Crippen molar-refractivity contribution >= 4 is 16.7 Å². The molecule has 4 heteroatoms. The third-order valence-electron chi connectivity index (χ3n) is 4.19. The van der Waals surface area contributed by atoms with Crippen molar-refractivity contribution in [2.24, 2.45) is 5.92 Å². The van der Waals surface area contributed by atoms with E-state index in [1.165, 1.54) is 25.1 Å². The fraction of sp³-hybridized carbons (Fsp3) is 0.588. The summed E-state index contributed by atoms with van der Waals surface area (Å²) in [4.78, 5) is 8.13. The molecule has 1 aromatic heterocycles. The molecule has 0 radical (unpaired) electrons. The van der Waals surface area contributed by atoms with Crippen LogP contribution in [0.5, 0.6) is 0 Å². The third-order valence-corrected chi connectivity index (χ3v) is 4.19. The molecule has 2 aromatic rings. The molecule has 0 saturated carbocycles. The zero-order valence-corrected chi connectivity index (χ0v) is 13.3. The number of benzene rings is 1. The summed E-state index contributed by atoms with van der Waals surface area (Å²) in [6, 6.07) is 6.40. The monoisotopic (exact) mass is 286 g/mol. The largest absolute Gasteiger partial charge is 0.385 e. The van der Waals surface area contributed by atoms with Crippen molar-refractivity contribution in [3.63, 3.8) is 0 Å². The van der Waals surface area contributed by atoms with Crippen LogP contribution >= 0.6 is 0 Å². The van der Waals surface area contributed by atoms with Gasteiger partial charge < -0.3 is 15.6 Å². The average Bonchev–Trinajstić information content (AvgIpc) is 2.89. The number of imidazole rings is 1. The van der Waals surface area contributed by atoms with Crippen LogP contribution < -0.4 is 10.6 Å². The first-order chi connectivity index (χ1) is 10.0. The number of piperidine rings is 1. The minimum absolute atomic E-state index is 0.0559. The van der Waals surface area contributed by atoms with Gasteiger partial charge in [-0.2, -0.15) is 0 Å². The van der Waals surface area contributed by atoms with E-state index >= 15 is 0 Å². The first-order valence-electron chi connectivity index (χ1n) is 7.97. The quantitative estimate of drug-likeness (QED) is 0.811. The van der Waals surface area contributed by atoms with Crippen molar-refractivity contribution in [1.29, 1.82) is 0 Å². The topological polar surface area (TPSA) is 52.7 Å². The molecule has 0 bridgehead atoms. The molecule has 21 heavy (non-hydrogen) atoms. The molecular formula is C17H26N4. The van der Waals surface area contributed by atoms with E-state index in [9.17, 15) is 0 Å². The first-order valence-corrected chi connectivity index (χ1v) is 7.97. The smallest absolute Gasteiger partial charge is 0.112 e. The zero-order chi connectivity index (χ0) is 14.9. The van der Waals surface area contributed by atoms with Crippen LogP contribution in [0.25, 0.3) is 11.0 Å². The van der Waals surface area contributed by atoms with E-state index in [0.29, 0.717) is 0 Å². The third kappa shape index (κ3) is 3.38. The Hall–Kier alpha value is -1.55. The van der Waals surface area contributed by atoms with E-state index in [0.717, 1.165) is 35.9 Å². The maximum absolute atomic E-state index is 4.68. The summed E-state index contributed by atoms with van der Waals surface area (Å²) in [5.74, 6) is 1.78. The number of rotatable bonds is 3. The number of nitrogens with zero attached hydrogens (tertiary/aromatic N) is 1. The van der Waals surface area contributed by atoms with Gasteiger partial charge in [0.15, 0.2) is 0 Å². The SMILES string of the molecule is CC(C)(C)c1nc2ccc(NCC3CCCNC3)cc2[nH]1. The summed E-state index contributed by atoms with van der Waals surface area (Å²) < 4.78 is 0. The Morgan fingerprint density at radius 2 is 2.19 bits per heavy atom. The molecule has 114 valence electrons. The maximum atomic E-state index is 4.68. The van der Waals surface area contributed by atoms with Crippen molar-refractivity contribution < 1.29 is 0 Å². The van der Waals surface area contributed by atoms with Gasteiger partial charge >= 0.3 is 0 Å². The molecule has 1 aliphatic heterocycles. The van der Waals surface area contributed by atoms with Crippen LogP contribution in [0, 0.1) is 5.92 Å². The lowest BCUT2D eigenvalue weighted by atomic mass is 9.96. The molecular weight excluding hydrogens is 260 g/mol. The molecule has 1 unspecified atom stereocenters. The van der Waals surface area contributed by atoms with Crippen molar-refractivity contribution in [2.75, 3.05) is 25.0 Å². The van der Waals surface area contributed by atoms with Crippen LogP contribution in [0.1, 0.15) is 39.4 Å². The fourth-order valence-corrected chi connectivity index (χ4v) is 2.84. The van der Waals surface area contributed by atoms with Gasteiger partial charge in [-0.05, 0) is 50.0 Å². The van der Waals surface area contributed by atoms with Crippen molar-refractivity contribution in [3.8, 4) is 0 Å². The highest BCUT2D eigenvalue weighted by Crippen LogP contribution is 2.24. The highest BCUT2D eigenvalue weighted by Gasteiger charge is 2.18. The van der Waals surface area contributed by atoms with Crippen molar-refractivity contribution in [1.82, 2.24) is 15.3 Å². The molecule has 0 amide bonds. The molecule has 0 spiro atoms. The second-order valence-corrected chi connectivity index (χ2v) is 7.16. The molecule has 4 nitrogen and oxygen atoms in total. The minimum atomic E-state index is 0.0559. The minimum Gasteiger partial charge on any atom is -0.385 e. The number of nitrogens with one attached hydrogen (secondary N) is 3. The van der Waals surface area contributed by atoms with Gasteiger partial charge in [0.05, 0.1) is 11.0 Å². The maximum Gasteiger partial charge on any atom is 0.112 e. The number of aromatic amines is 1. The van der Waals surface area contributed by atoms with Gasteiger partial charge in [-0.1, -0.05) is 20.8 Å². The Bertz CT molecular complexity index is 603. The molecule has 1 aromatic carbocycles. The van der Waals surface area contributed by atoms with Crippen LogP contribution in [0.4, 0.5) is 5.69 Å². The fourth-order valence-electron chi connectivity index (χ4n) is 2.84. The molecule has 3 N–H and O–H groups in total. The van der Waals surface area contributed by atoms with Gasteiger partial charge in [0.1, 0.15) is 5.82 Å². The highest BCUT2D eigenvalue weighted by atomic mass is 15.0. The van der Waals surface area contributed by atoms with Crippen LogP contribution in [0.3, 0.4) is 0 Å². The van der Waals surface area contributed by atoms with Crippen LogP contribution in [0.2, 0.25) is 0 Å². The van der Waals surface area contributed by atoms with E-state index in [-0.39, 0.29) is 5.41 Å². The van der Waals surface area contributed by atoms with E-state index in [4.69, 9.17) is 0 Å². The Balaban J connectivity index is 1.71. The summed E-state index contributed by atoms with van der Waals surface area (Å²) in [7, 11) is 0. The highest BCUT2D eigenvalue weighted by molar-refractivity contribution is 5.79. The van der Waals surface area contributed by atoms with Gasteiger partial charge in [-0.25, -0.2) is 4.98 Å². The predicted molar refractivity (Wildman–Crippen MR) is 88.9 cm³/mol. The predicted octanol–water partition coefficient (Wildman–Crippen LogP) is 3.27. The standard InChI is InChI=1S/C17H26N4/c1-17(2,3)16-20-14-7-6-13(9-15(14)21-16)19-11-12-5-4-8-18-10-12/h6-7,9,12,18-19H,4-5,8,10-11H2,1-3H3,(H,20,21). The molecule has 1 aliphatic rings. The summed E-state index contributed by atoms with van der Waals surface area (Å²) in [6.07, 6.45) is 2.61. The normalized spacial score (nSPS) is 19.9. The molecule has 1 saturated heterocycles. The number of hydrogen-bond acceptors (Lipinski definition) is 3. The lowest BCUT2D eigenvalue weighted by Gasteiger charge is -2.23. The number of H-pyrrole nitrogens is 1. The number of fused-ring (bicyclic) bond motifs is 1. The Morgan fingerprint density at radius 3 is 2.90 bits per heavy atom. The summed E-state index contributed by atoms with van der Waals surface area (Å²) in [6.45, 7) is 9.89. The van der Waals surface area contributed by atoms with Crippen molar-refractivity contribution in [3.05, 3.63) is 24.0 Å². The zero-order valence-electron chi connectivity index (χ0n) is 13.3. The average molecular weight is 286 g/mol. The van der Waals surface area contributed by atoms with Crippen LogP contribution in [-0.2, 0) is 5.41 Å². The van der Waals surface area contributed by atoms with E-state index < -0.39 is 0 Å². The van der Waals surface area contributed by atoms with E-state index in [1.807, 2.05) is 0 Å². The second kappa shape index (κ2) is 5.68. The van der Waals surface area contributed by atoms with E-state index in [1.54, 1.807) is 0 Å². The van der Waals surface area contributed by atoms with Gasteiger partial charge in [-0.3, -0.25) is 0 Å². The van der Waals surface area contributed by atoms with Gasteiger partial charge in [0.25, 0.3) is 0 Å². The second-order valence-electron chi connectivity index (χ2n) is 7.16. The van der Waals surface area contributed by atoms with Crippen molar-refractivity contribution in [2.45, 2.75) is 39.0 Å². The van der Waals surface area contributed by atoms with Crippen LogP contribution in [0.15, 0.2) is 18.2 Å². The molecule has 1 fully saturated rings. The summed E-state index contributed by atoms with van der Waals surface area (Å²) in [5, 5.41) is 7.03. The molecule has 3 rings (SSSR count). The van der Waals surface area contributed by atoms with E-state index in [2.05, 4.69) is 59.6 Å². The van der Waals surface area contributed by atoms with Gasteiger partial charge in [0, 0.05) is 17.6 Å². The Morgan fingerprint density at radius 1 is 1.33 bits per heavy atom.